The van der Waals surface area contributed by atoms with Crippen LogP contribution in [-0.2, 0) is 6.42 Å². The summed E-state index contributed by atoms with van der Waals surface area (Å²) in [5.74, 6) is 6.59. The third kappa shape index (κ3) is 2.76. The van der Waals surface area contributed by atoms with E-state index in [9.17, 15) is 0 Å². The van der Waals surface area contributed by atoms with E-state index in [0.717, 1.165) is 18.5 Å². The van der Waals surface area contributed by atoms with Gasteiger partial charge in [0.15, 0.2) is 0 Å². The second-order valence-electron chi connectivity index (χ2n) is 6.75. The quantitative estimate of drug-likeness (QED) is 0.653. The average molecular weight is 273 g/mol. The maximum absolute atomic E-state index is 5.87. The Morgan fingerprint density at radius 3 is 2.60 bits per heavy atom. The van der Waals surface area contributed by atoms with Gasteiger partial charge in [0.1, 0.15) is 0 Å². The standard InChI is InChI=1S/C17H27N3/c1-12-4-3-5-13(8-12)9-17(19-18)14-10-15-6-7-16(11-14)20(15)2/h3-5,8,14-17,19H,6-7,9-11,18H2,1-2H3. The highest BCUT2D eigenvalue weighted by Gasteiger charge is 2.40. The van der Waals surface area contributed by atoms with Crippen LogP contribution in [0.3, 0.4) is 0 Å². The fraction of sp³-hybridized carbons (Fsp3) is 0.647. The molecule has 2 aliphatic heterocycles. The predicted octanol–water partition coefficient (Wildman–Crippen LogP) is 2.24. The van der Waals surface area contributed by atoms with E-state index in [1.807, 2.05) is 0 Å². The Kier molecular flexibility index (Phi) is 4.11. The Morgan fingerprint density at radius 2 is 2.00 bits per heavy atom. The van der Waals surface area contributed by atoms with Crippen molar-refractivity contribution < 1.29 is 0 Å². The molecular formula is C17H27N3. The molecule has 0 spiro atoms. The van der Waals surface area contributed by atoms with Crippen molar-refractivity contribution in [1.29, 1.82) is 0 Å². The minimum atomic E-state index is 0.411. The summed E-state index contributed by atoms with van der Waals surface area (Å²) in [5, 5.41) is 0. The van der Waals surface area contributed by atoms with Crippen LogP contribution in [0.15, 0.2) is 24.3 Å². The average Bonchev–Trinajstić information content (AvgIpc) is 2.66. The third-order valence-corrected chi connectivity index (χ3v) is 5.46. The fourth-order valence-electron chi connectivity index (χ4n) is 4.24. The lowest BCUT2D eigenvalue weighted by Gasteiger charge is -2.39. The van der Waals surface area contributed by atoms with E-state index in [1.165, 1.54) is 36.8 Å². The SMILES string of the molecule is Cc1cccc(CC(NN)C2CC3CCC(C2)N3C)c1. The van der Waals surface area contributed by atoms with E-state index in [4.69, 9.17) is 5.84 Å². The molecule has 2 saturated heterocycles. The lowest BCUT2D eigenvalue weighted by molar-refractivity contribution is 0.112. The van der Waals surface area contributed by atoms with Gasteiger partial charge in [-0.15, -0.1) is 0 Å². The molecule has 1 aromatic rings. The van der Waals surface area contributed by atoms with Crippen LogP contribution >= 0.6 is 0 Å². The first-order valence-electron chi connectivity index (χ1n) is 7.91. The summed E-state index contributed by atoms with van der Waals surface area (Å²) in [5.41, 5.74) is 5.84. The monoisotopic (exact) mass is 273 g/mol. The van der Waals surface area contributed by atoms with Crippen LogP contribution in [0.5, 0.6) is 0 Å². The lowest BCUT2D eigenvalue weighted by Crippen LogP contribution is -2.49. The van der Waals surface area contributed by atoms with Gasteiger partial charge >= 0.3 is 0 Å². The van der Waals surface area contributed by atoms with Crippen molar-refractivity contribution in [3.05, 3.63) is 35.4 Å². The van der Waals surface area contributed by atoms with Crippen LogP contribution in [0.4, 0.5) is 0 Å². The number of nitrogens with two attached hydrogens (primary N) is 1. The Hall–Kier alpha value is -0.900. The van der Waals surface area contributed by atoms with Crippen LogP contribution in [-0.4, -0.2) is 30.1 Å². The zero-order valence-corrected chi connectivity index (χ0v) is 12.7. The molecule has 20 heavy (non-hydrogen) atoms. The number of nitrogens with zero attached hydrogens (tertiary/aromatic N) is 1. The molecule has 3 heteroatoms. The number of fused-ring (bicyclic) bond motifs is 2. The molecule has 2 heterocycles. The Morgan fingerprint density at radius 1 is 1.30 bits per heavy atom. The van der Waals surface area contributed by atoms with E-state index in [2.05, 4.69) is 48.6 Å². The molecule has 0 aliphatic carbocycles. The molecule has 2 aliphatic rings. The normalized spacial score (nSPS) is 31.4. The molecule has 3 nitrogen and oxygen atoms in total. The van der Waals surface area contributed by atoms with Crippen LogP contribution in [0, 0.1) is 12.8 Å². The van der Waals surface area contributed by atoms with Crippen molar-refractivity contribution in [3.63, 3.8) is 0 Å². The molecular weight excluding hydrogens is 246 g/mol. The highest BCUT2D eigenvalue weighted by molar-refractivity contribution is 5.23. The summed E-state index contributed by atoms with van der Waals surface area (Å²) >= 11 is 0. The molecule has 110 valence electrons. The van der Waals surface area contributed by atoms with Crippen molar-refractivity contribution in [3.8, 4) is 0 Å². The molecule has 1 aromatic carbocycles. The smallest absolute Gasteiger partial charge is 0.0280 e. The highest BCUT2D eigenvalue weighted by Crippen LogP contribution is 2.39. The number of hydrazine groups is 1. The topological polar surface area (TPSA) is 41.3 Å². The number of benzene rings is 1. The minimum Gasteiger partial charge on any atom is -0.300 e. The third-order valence-electron chi connectivity index (χ3n) is 5.46. The number of rotatable bonds is 4. The Bertz CT molecular complexity index is 445. The van der Waals surface area contributed by atoms with Gasteiger partial charge in [0.2, 0.25) is 0 Å². The first kappa shape index (κ1) is 14.1. The van der Waals surface area contributed by atoms with Crippen molar-refractivity contribution in [1.82, 2.24) is 10.3 Å². The number of hydrogen-bond donors (Lipinski definition) is 2. The van der Waals surface area contributed by atoms with E-state index >= 15 is 0 Å². The van der Waals surface area contributed by atoms with Crippen molar-refractivity contribution in [2.75, 3.05) is 7.05 Å². The first-order valence-corrected chi connectivity index (χ1v) is 7.91. The second-order valence-corrected chi connectivity index (χ2v) is 6.75. The van der Waals surface area contributed by atoms with Gasteiger partial charge in [0.25, 0.3) is 0 Å². The van der Waals surface area contributed by atoms with Gasteiger partial charge in [-0.1, -0.05) is 29.8 Å². The zero-order chi connectivity index (χ0) is 14.1. The van der Waals surface area contributed by atoms with Crippen molar-refractivity contribution in [2.24, 2.45) is 11.8 Å². The second kappa shape index (κ2) is 5.84. The van der Waals surface area contributed by atoms with Gasteiger partial charge in [0, 0.05) is 18.1 Å². The van der Waals surface area contributed by atoms with Crippen molar-refractivity contribution in [2.45, 2.75) is 57.2 Å². The van der Waals surface area contributed by atoms with E-state index in [1.54, 1.807) is 0 Å². The number of nitrogens with one attached hydrogen (secondary N) is 1. The van der Waals surface area contributed by atoms with Gasteiger partial charge in [-0.3, -0.25) is 11.3 Å². The maximum atomic E-state index is 5.87. The summed E-state index contributed by atoms with van der Waals surface area (Å²) in [6.07, 6.45) is 6.40. The molecule has 3 atom stereocenters. The molecule has 3 unspecified atom stereocenters. The number of hydrogen-bond acceptors (Lipinski definition) is 3. The van der Waals surface area contributed by atoms with Crippen LogP contribution < -0.4 is 11.3 Å². The van der Waals surface area contributed by atoms with Gasteiger partial charge in [-0.05, 0) is 57.6 Å². The molecule has 0 saturated carbocycles. The predicted molar refractivity (Wildman–Crippen MR) is 83.3 cm³/mol. The first-order chi connectivity index (χ1) is 9.67. The van der Waals surface area contributed by atoms with Gasteiger partial charge in [-0.25, -0.2) is 0 Å². The van der Waals surface area contributed by atoms with Gasteiger partial charge < -0.3 is 4.90 Å². The summed E-state index contributed by atoms with van der Waals surface area (Å²) in [4.78, 5) is 2.59. The Labute approximate surface area is 122 Å². The van der Waals surface area contributed by atoms with Crippen LogP contribution in [0.25, 0.3) is 0 Å². The largest absolute Gasteiger partial charge is 0.300 e. The Balaban J connectivity index is 1.68. The zero-order valence-electron chi connectivity index (χ0n) is 12.7. The summed E-state index contributed by atoms with van der Waals surface area (Å²) in [7, 11) is 2.30. The molecule has 3 rings (SSSR count). The molecule has 0 amide bonds. The summed E-state index contributed by atoms with van der Waals surface area (Å²) in [6.45, 7) is 2.16. The van der Waals surface area contributed by atoms with Crippen molar-refractivity contribution >= 4 is 0 Å². The summed E-state index contributed by atoms with van der Waals surface area (Å²) < 4.78 is 0. The van der Waals surface area contributed by atoms with E-state index in [-0.39, 0.29) is 0 Å². The van der Waals surface area contributed by atoms with Gasteiger partial charge in [-0.2, -0.15) is 0 Å². The van der Waals surface area contributed by atoms with Gasteiger partial charge in [0.05, 0.1) is 0 Å². The summed E-state index contributed by atoms with van der Waals surface area (Å²) in [6, 6.07) is 10.8. The van der Waals surface area contributed by atoms with E-state index in [0.29, 0.717) is 12.0 Å². The number of piperidine rings is 1. The molecule has 3 N–H and O–H groups in total. The maximum Gasteiger partial charge on any atom is 0.0280 e. The lowest BCUT2D eigenvalue weighted by atomic mass is 9.82. The highest BCUT2D eigenvalue weighted by atomic mass is 15.2. The molecule has 2 fully saturated rings. The molecule has 0 aromatic heterocycles. The minimum absolute atomic E-state index is 0.411. The molecule has 0 radical (unpaired) electrons. The van der Waals surface area contributed by atoms with Crippen LogP contribution in [0.1, 0.15) is 36.8 Å². The molecule has 2 bridgehead atoms. The fourth-order valence-corrected chi connectivity index (χ4v) is 4.24. The van der Waals surface area contributed by atoms with Crippen LogP contribution in [0.2, 0.25) is 0 Å². The number of aryl methyl sites for hydroxylation is 1. The van der Waals surface area contributed by atoms with E-state index < -0.39 is 0 Å².